The average Bonchev–Trinajstić information content (AvgIpc) is 2.42. The zero-order chi connectivity index (χ0) is 13.7. The number of aliphatic hydroxyl groups excluding tert-OH is 1. The van der Waals surface area contributed by atoms with Crippen LogP contribution in [0, 0.1) is 0 Å². The van der Waals surface area contributed by atoms with Crippen molar-refractivity contribution in [2.24, 2.45) is 0 Å². The number of hydrogen-bond acceptors (Lipinski definition) is 3. The molecule has 0 saturated carbocycles. The van der Waals surface area contributed by atoms with E-state index in [0.29, 0.717) is 6.04 Å². The molecule has 1 atom stereocenters. The minimum absolute atomic E-state index is 0.150. The van der Waals surface area contributed by atoms with Crippen molar-refractivity contribution in [1.29, 1.82) is 0 Å². The van der Waals surface area contributed by atoms with Gasteiger partial charge in [0, 0.05) is 22.7 Å². The number of fused-ring (bicyclic) bond motifs is 1. The third-order valence-electron chi connectivity index (χ3n) is 2.96. The SMILES string of the molecule is CC(C)NC(CO)CSc1ccc2ccccc2c1. The number of hydrogen-bond donors (Lipinski definition) is 2. The molecule has 3 heteroatoms. The molecule has 0 saturated heterocycles. The van der Waals surface area contributed by atoms with Crippen LogP contribution in [0.3, 0.4) is 0 Å². The van der Waals surface area contributed by atoms with Crippen molar-refractivity contribution in [3.05, 3.63) is 42.5 Å². The van der Waals surface area contributed by atoms with E-state index in [1.54, 1.807) is 11.8 Å². The molecule has 2 rings (SSSR count). The van der Waals surface area contributed by atoms with Gasteiger partial charge in [0.15, 0.2) is 0 Å². The van der Waals surface area contributed by atoms with Crippen LogP contribution >= 0.6 is 11.8 Å². The fourth-order valence-corrected chi connectivity index (χ4v) is 3.05. The van der Waals surface area contributed by atoms with Gasteiger partial charge in [-0.15, -0.1) is 11.8 Å². The molecule has 2 aromatic carbocycles. The number of thioether (sulfide) groups is 1. The van der Waals surface area contributed by atoms with Crippen molar-refractivity contribution < 1.29 is 5.11 Å². The van der Waals surface area contributed by atoms with Gasteiger partial charge in [0.25, 0.3) is 0 Å². The van der Waals surface area contributed by atoms with Gasteiger partial charge < -0.3 is 10.4 Å². The van der Waals surface area contributed by atoms with Crippen LogP contribution < -0.4 is 5.32 Å². The third kappa shape index (κ3) is 4.23. The van der Waals surface area contributed by atoms with Crippen LogP contribution in [0.15, 0.2) is 47.4 Å². The molecule has 0 radical (unpaired) electrons. The lowest BCUT2D eigenvalue weighted by atomic mass is 10.1. The van der Waals surface area contributed by atoms with Crippen LogP contribution in [0.2, 0.25) is 0 Å². The molecule has 0 aliphatic heterocycles. The van der Waals surface area contributed by atoms with Crippen molar-refractivity contribution in [3.8, 4) is 0 Å². The van der Waals surface area contributed by atoms with Crippen LogP contribution in [0.1, 0.15) is 13.8 Å². The molecule has 0 spiro atoms. The van der Waals surface area contributed by atoms with E-state index in [4.69, 9.17) is 0 Å². The van der Waals surface area contributed by atoms with Gasteiger partial charge in [-0.05, 0) is 22.9 Å². The van der Waals surface area contributed by atoms with Crippen LogP contribution in [-0.4, -0.2) is 29.5 Å². The van der Waals surface area contributed by atoms with Crippen molar-refractivity contribution in [1.82, 2.24) is 5.32 Å². The highest BCUT2D eigenvalue weighted by atomic mass is 32.2. The standard InChI is InChI=1S/C16H21NOS/c1-12(2)17-15(10-18)11-19-16-8-7-13-5-3-4-6-14(13)9-16/h3-9,12,15,17-18H,10-11H2,1-2H3. The predicted octanol–water partition coefficient (Wildman–Crippen LogP) is 3.29. The Balaban J connectivity index is 2.00. The number of nitrogens with one attached hydrogen (secondary N) is 1. The van der Waals surface area contributed by atoms with E-state index in [-0.39, 0.29) is 12.6 Å². The first-order valence-electron chi connectivity index (χ1n) is 6.67. The summed E-state index contributed by atoms with van der Waals surface area (Å²) < 4.78 is 0. The summed E-state index contributed by atoms with van der Waals surface area (Å²) in [5.74, 6) is 0.882. The molecule has 1 unspecified atom stereocenters. The minimum Gasteiger partial charge on any atom is -0.395 e. The van der Waals surface area contributed by atoms with Crippen molar-refractivity contribution >= 4 is 22.5 Å². The second-order valence-electron chi connectivity index (χ2n) is 5.02. The van der Waals surface area contributed by atoms with E-state index >= 15 is 0 Å². The Morgan fingerprint density at radius 3 is 2.53 bits per heavy atom. The molecule has 2 aromatic rings. The van der Waals surface area contributed by atoms with Gasteiger partial charge in [-0.3, -0.25) is 0 Å². The summed E-state index contributed by atoms with van der Waals surface area (Å²) in [6, 6.07) is 15.4. The average molecular weight is 275 g/mol. The minimum atomic E-state index is 0.150. The topological polar surface area (TPSA) is 32.3 Å². The third-order valence-corrected chi connectivity index (χ3v) is 4.12. The van der Waals surface area contributed by atoms with Gasteiger partial charge >= 0.3 is 0 Å². The molecule has 0 amide bonds. The molecule has 0 heterocycles. The molecule has 19 heavy (non-hydrogen) atoms. The Morgan fingerprint density at radius 2 is 1.84 bits per heavy atom. The van der Waals surface area contributed by atoms with Crippen LogP contribution in [0.25, 0.3) is 10.8 Å². The fourth-order valence-electron chi connectivity index (χ4n) is 2.08. The molecule has 0 fully saturated rings. The highest BCUT2D eigenvalue weighted by Crippen LogP contribution is 2.24. The Morgan fingerprint density at radius 1 is 1.11 bits per heavy atom. The zero-order valence-electron chi connectivity index (χ0n) is 11.5. The first-order valence-corrected chi connectivity index (χ1v) is 7.66. The maximum Gasteiger partial charge on any atom is 0.0592 e. The zero-order valence-corrected chi connectivity index (χ0v) is 12.3. The summed E-state index contributed by atoms with van der Waals surface area (Å²) in [5, 5.41) is 15.3. The van der Waals surface area contributed by atoms with E-state index in [2.05, 4.69) is 61.6 Å². The van der Waals surface area contributed by atoms with E-state index in [1.807, 2.05) is 0 Å². The first-order chi connectivity index (χ1) is 9.19. The van der Waals surface area contributed by atoms with E-state index in [9.17, 15) is 5.11 Å². The van der Waals surface area contributed by atoms with E-state index in [1.165, 1.54) is 15.7 Å². The molecule has 0 aliphatic rings. The molecule has 0 aliphatic carbocycles. The molecule has 2 nitrogen and oxygen atoms in total. The van der Waals surface area contributed by atoms with Crippen LogP contribution in [0.4, 0.5) is 0 Å². The highest BCUT2D eigenvalue weighted by Gasteiger charge is 2.09. The quantitative estimate of drug-likeness (QED) is 0.794. The first kappa shape index (κ1) is 14.4. The van der Waals surface area contributed by atoms with Crippen molar-refractivity contribution in [3.63, 3.8) is 0 Å². The lowest BCUT2D eigenvalue weighted by Gasteiger charge is -2.18. The van der Waals surface area contributed by atoms with E-state index in [0.717, 1.165) is 5.75 Å². The largest absolute Gasteiger partial charge is 0.395 e. The Kier molecular flexibility index (Phi) is 5.25. The van der Waals surface area contributed by atoms with Gasteiger partial charge in [0.2, 0.25) is 0 Å². The number of benzene rings is 2. The summed E-state index contributed by atoms with van der Waals surface area (Å²) >= 11 is 1.79. The second kappa shape index (κ2) is 6.94. The molecular weight excluding hydrogens is 254 g/mol. The molecular formula is C16H21NOS. The summed E-state index contributed by atoms with van der Waals surface area (Å²) in [4.78, 5) is 1.25. The number of aliphatic hydroxyl groups is 1. The van der Waals surface area contributed by atoms with Crippen molar-refractivity contribution in [2.75, 3.05) is 12.4 Å². The maximum atomic E-state index is 9.35. The highest BCUT2D eigenvalue weighted by molar-refractivity contribution is 7.99. The van der Waals surface area contributed by atoms with Gasteiger partial charge in [0.05, 0.1) is 6.61 Å². The normalized spacial score (nSPS) is 13.1. The summed E-state index contributed by atoms with van der Waals surface area (Å²) in [6.45, 7) is 4.38. The van der Waals surface area contributed by atoms with Gasteiger partial charge in [-0.1, -0.05) is 44.2 Å². The van der Waals surface area contributed by atoms with E-state index < -0.39 is 0 Å². The Bertz CT molecular complexity index is 527. The van der Waals surface area contributed by atoms with Crippen molar-refractivity contribution in [2.45, 2.75) is 30.8 Å². The Hall–Kier alpha value is -1.03. The van der Waals surface area contributed by atoms with Gasteiger partial charge in [-0.25, -0.2) is 0 Å². The molecule has 2 N–H and O–H groups in total. The summed E-state index contributed by atoms with van der Waals surface area (Å²) in [6.07, 6.45) is 0. The number of rotatable bonds is 6. The predicted molar refractivity (Wildman–Crippen MR) is 83.8 cm³/mol. The fraction of sp³-hybridized carbons (Fsp3) is 0.375. The molecule has 0 aromatic heterocycles. The Labute approximate surface area is 119 Å². The lowest BCUT2D eigenvalue weighted by molar-refractivity contribution is 0.247. The van der Waals surface area contributed by atoms with Crippen LogP contribution in [0.5, 0.6) is 0 Å². The second-order valence-corrected chi connectivity index (χ2v) is 6.11. The van der Waals surface area contributed by atoms with Crippen LogP contribution in [-0.2, 0) is 0 Å². The molecule has 102 valence electrons. The summed E-state index contributed by atoms with van der Waals surface area (Å²) in [5.41, 5.74) is 0. The maximum absolute atomic E-state index is 9.35. The smallest absolute Gasteiger partial charge is 0.0592 e. The van der Waals surface area contributed by atoms with Gasteiger partial charge in [-0.2, -0.15) is 0 Å². The van der Waals surface area contributed by atoms with Gasteiger partial charge in [0.1, 0.15) is 0 Å². The monoisotopic (exact) mass is 275 g/mol. The molecule has 0 bridgehead atoms. The summed E-state index contributed by atoms with van der Waals surface area (Å²) in [7, 11) is 0. The lowest BCUT2D eigenvalue weighted by Crippen LogP contribution is -2.39.